The third-order valence-corrected chi connectivity index (χ3v) is 4.12. The zero-order valence-electron chi connectivity index (χ0n) is 12.3. The predicted octanol–water partition coefficient (Wildman–Crippen LogP) is 4.46. The van der Waals surface area contributed by atoms with Gasteiger partial charge in [0.1, 0.15) is 21.9 Å². The number of pyridine rings is 1. The van der Waals surface area contributed by atoms with E-state index in [1.807, 2.05) is 36.4 Å². The molecule has 1 aromatic carbocycles. The highest BCUT2D eigenvalue weighted by atomic mass is 32.2. The molecule has 0 radical (unpaired) electrons. The Bertz CT molecular complexity index is 811. The fraction of sp³-hybridized carbons (Fsp3) is 0.176. The van der Waals surface area contributed by atoms with Crippen LogP contribution in [0.1, 0.15) is 23.0 Å². The van der Waals surface area contributed by atoms with Gasteiger partial charge in [0.05, 0.1) is 6.61 Å². The van der Waals surface area contributed by atoms with Crippen molar-refractivity contribution in [3.05, 3.63) is 53.9 Å². The van der Waals surface area contributed by atoms with Gasteiger partial charge >= 0.3 is 5.97 Å². The highest BCUT2D eigenvalue weighted by molar-refractivity contribution is 7.99. The molecule has 22 heavy (non-hydrogen) atoms. The Hall–Kier alpha value is -2.27. The normalized spacial score (nSPS) is 10.8. The molecule has 3 rings (SSSR count). The minimum atomic E-state index is -0.348. The lowest BCUT2D eigenvalue weighted by Crippen LogP contribution is -2.05. The topological polar surface area (TPSA) is 52.3 Å². The first-order valence-electron chi connectivity index (χ1n) is 6.98. The van der Waals surface area contributed by atoms with Crippen molar-refractivity contribution in [2.24, 2.45) is 0 Å². The van der Waals surface area contributed by atoms with E-state index >= 15 is 0 Å². The molecule has 4 nitrogen and oxygen atoms in total. The molecule has 0 N–H and O–H groups in total. The average Bonchev–Trinajstić information content (AvgIpc) is 2.84. The first-order valence-corrected chi connectivity index (χ1v) is 7.80. The van der Waals surface area contributed by atoms with Gasteiger partial charge in [0.2, 0.25) is 0 Å². The van der Waals surface area contributed by atoms with Crippen LogP contribution in [0.3, 0.4) is 0 Å². The highest BCUT2D eigenvalue weighted by Crippen LogP contribution is 2.32. The van der Waals surface area contributed by atoms with Gasteiger partial charge in [-0.3, -0.25) is 0 Å². The Morgan fingerprint density at radius 2 is 2.18 bits per heavy atom. The summed E-state index contributed by atoms with van der Waals surface area (Å²) < 4.78 is 10.8. The number of hydrogen-bond acceptors (Lipinski definition) is 5. The maximum Gasteiger partial charge on any atom is 0.342 e. The van der Waals surface area contributed by atoms with Gasteiger partial charge in [-0.1, -0.05) is 17.8 Å². The zero-order valence-corrected chi connectivity index (χ0v) is 13.1. The van der Waals surface area contributed by atoms with Crippen molar-refractivity contribution in [3.8, 4) is 0 Å². The summed E-state index contributed by atoms with van der Waals surface area (Å²) in [6, 6.07) is 11.5. The zero-order chi connectivity index (χ0) is 15.5. The summed E-state index contributed by atoms with van der Waals surface area (Å²) in [5.74, 6) is 0.229. The van der Waals surface area contributed by atoms with Crippen LogP contribution in [0.5, 0.6) is 0 Å². The van der Waals surface area contributed by atoms with Gasteiger partial charge in [-0.15, -0.1) is 0 Å². The summed E-state index contributed by atoms with van der Waals surface area (Å²) in [6.45, 7) is 3.91. The summed E-state index contributed by atoms with van der Waals surface area (Å²) in [6.07, 6.45) is 1.76. The smallest absolute Gasteiger partial charge is 0.342 e. The average molecular weight is 313 g/mol. The molecule has 112 valence electrons. The van der Waals surface area contributed by atoms with E-state index in [-0.39, 0.29) is 5.97 Å². The van der Waals surface area contributed by atoms with Crippen LogP contribution >= 0.6 is 11.8 Å². The van der Waals surface area contributed by atoms with Gasteiger partial charge in [-0.25, -0.2) is 9.78 Å². The lowest BCUT2D eigenvalue weighted by Gasteiger charge is -2.02. The Labute approximate surface area is 132 Å². The molecule has 0 atom stereocenters. The summed E-state index contributed by atoms with van der Waals surface area (Å²) in [5, 5.41) is 1.68. The van der Waals surface area contributed by atoms with Crippen molar-refractivity contribution in [1.82, 2.24) is 4.98 Å². The number of fused-ring (bicyclic) bond motifs is 1. The van der Waals surface area contributed by atoms with Crippen LogP contribution in [0.2, 0.25) is 0 Å². The Kier molecular flexibility index (Phi) is 4.15. The quantitative estimate of drug-likeness (QED) is 0.665. The first-order chi connectivity index (χ1) is 10.7. The molecule has 2 aromatic heterocycles. The summed E-state index contributed by atoms with van der Waals surface area (Å²) in [7, 11) is 0. The molecule has 2 heterocycles. The maximum absolute atomic E-state index is 12.1. The number of aromatic nitrogens is 1. The number of aryl methyl sites for hydroxylation is 1. The van der Waals surface area contributed by atoms with Crippen molar-refractivity contribution in [2.45, 2.75) is 23.8 Å². The van der Waals surface area contributed by atoms with Gasteiger partial charge in [-0.2, -0.15) is 0 Å². The molecule has 5 heteroatoms. The minimum absolute atomic E-state index is 0.341. The van der Waals surface area contributed by atoms with Crippen molar-refractivity contribution in [2.75, 3.05) is 6.61 Å². The van der Waals surface area contributed by atoms with E-state index in [4.69, 9.17) is 9.15 Å². The van der Waals surface area contributed by atoms with E-state index in [1.165, 1.54) is 0 Å². The van der Waals surface area contributed by atoms with Gasteiger partial charge in [-0.05, 0) is 44.2 Å². The van der Waals surface area contributed by atoms with Crippen molar-refractivity contribution in [3.63, 3.8) is 0 Å². The summed E-state index contributed by atoms with van der Waals surface area (Å²) in [4.78, 5) is 17.4. The van der Waals surface area contributed by atoms with Gasteiger partial charge in [0.25, 0.3) is 0 Å². The molecular formula is C17H15NO3S. The minimum Gasteiger partial charge on any atom is -0.462 e. The largest absolute Gasteiger partial charge is 0.462 e. The fourth-order valence-corrected chi connectivity index (χ4v) is 3.06. The Morgan fingerprint density at radius 1 is 1.32 bits per heavy atom. The Morgan fingerprint density at radius 3 is 2.91 bits per heavy atom. The highest BCUT2D eigenvalue weighted by Gasteiger charge is 2.19. The number of carbonyl (C=O) groups is 1. The molecule has 0 fully saturated rings. The van der Waals surface area contributed by atoms with Crippen LogP contribution in [0.4, 0.5) is 0 Å². The monoisotopic (exact) mass is 313 g/mol. The molecule has 0 amide bonds. The molecule has 0 saturated heterocycles. The number of hydrogen-bond donors (Lipinski definition) is 0. The van der Waals surface area contributed by atoms with Crippen molar-refractivity contribution >= 4 is 28.7 Å². The van der Waals surface area contributed by atoms with Crippen LogP contribution < -0.4 is 0 Å². The number of rotatable bonds is 4. The van der Waals surface area contributed by atoms with E-state index in [1.54, 1.807) is 31.8 Å². The van der Waals surface area contributed by atoms with Crippen molar-refractivity contribution in [1.29, 1.82) is 0 Å². The lowest BCUT2D eigenvalue weighted by molar-refractivity contribution is 0.0526. The Balaban J connectivity index is 2.01. The second kappa shape index (κ2) is 6.23. The molecule has 0 unspecified atom stereocenters. The molecule has 3 aromatic rings. The third kappa shape index (κ3) is 2.85. The molecule has 0 aliphatic carbocycles. The second-order valence-electron chi connectivity index (χ2n) is 4.68. The maximum atomic E-state index is 12.1. The fourth-order valence-electron chi connectivity index (χ4n) is 2.25. The molecule has 0 aliphatic rings. The van der Waals surface area contributed by atoms with Gasteiger partial charge in [0.15, 0.2) is 0 Å². The standard InChI is InChI=1S/C17H15NO3S/c1-3-20-17(19)16-11(2)21-14-8-7-12(10-13(14)16)22-15-6-4-5-9-18-15/h4-10H,3H2,1-2H3. The van der Waals surface area contributed by atoms with E-state index in [9.17, 15) is 4.79 Å². The molecular weight excluding hydrogens is 298 g/mol. The number of esters is 1. The second-order valence-corrected chi connectivity index (χ2v) is 5.78. The lowest BCUT2D eigenvalue weighted by atomic mass is 10.1. The third-order valence-electron chi connectivity index (χ3n) is 3.18. The van der Waals surface area contributed by atoms with Gasteiger partial charge < -0.3 is 9.15 Å². The summed E-state index contributed by atoms with van der Waals surface area (Å²) in [5.41, 5.74) is 1.19. The van der Waals surface area contributed by atoms with Crippen LogP contribution in [-0.4, -0.2) is 17.6 Å². The number of ether oxygens (including phenoxy) is 1. The molecule has 0 bridgehead atoms. The molecule has 0 spiro atoms. The van der Waals surface area contributed by atoms with Crippen LogP contribution in [-0.2, 0) is 4.74 Å². The molecule has 0 saturated carbocycles. The number of benzene rings is 1. The number of furan rings is 1. The van der Waals surface area contributed by atoms with Crippen LogP contribution in [0.25, 0.3) is 11.0 Å². The molecule has 0 aliphatic heterocycles. The van der Waals surface area contributed by atoms with Crippen LogP contribution in [0, 0.1) is 6.92 Å². The summed E-state index contributed by atoms with van der Waals surface area (Å²) >= 11 is 1.54. The van der Waals surface area contributed by atoms with Crippen LogP contribution in [0.15, 0.2) is 56.9 Å². The first kappa shape index (κ1) is 14.7. The van der Waals surface area contributed by atoms with Gasteiger partial charge in [0, 0.05) is 16.5 Å². The van der Waals surface area contributed by atoms with E-state index in [0.29, 0.717) is 23.5 Å². The van der Waals surface area contributed by atoms with E-state index < -0.39 is 0 Å². The number of nitrogens with zero attached hydrogens (tertiary/aromatic N) is 1. The van der Waals surface area contributed by atoms with Crippen molar-refractivity contribution < 1.29 is 13.9 Å². The van der Waals surface area contributed by atoms with E-state index in [2.05, 4.69) is 4.98 Å². The predicted molar refractivity (Wildman–Crippen MR) is 85.3 cm³/mol. The number of carbonyl (C=O) groups excluding carboxylic acids is 1. The van der Waals surface area contributed by atoms with E-state index in [0.717, 1.165) is 15.3 Å². The SMILES string of the molecule is CCOC(=O)c1c(C)oc2ccc(Sc3ccccn3)cc12.